The van der Waals surface area contributed by atoms with Crippen LogP contribution < -0.4 is 14.8 Å². The number of phenolic OH excluding ortho intramolecular Hbond substituents is 1. The summed E-state index contributed by atoms with van der Waals surface area (Å²) in [7, 11) is 2.99. The number of fused-ring (bicyclic) bond motifs is 1. The van der Waals surface area contributed by atoms with Crippen LogP contribution in [-0.4, -0.2) is 40.8 Å². The minimum atomic E-state index is -0.193. The van der Waals surface area contributed by atoms with Gasteiger partial charge in [0.25, 0.3) is 0 Å². The topological polar surface area (TPSA) is 85.6 Å². The molecule has 156 valence electrons. The number of phenols is 1. The number of aromatic nitrogens is 2. The van der Waals surface area contributed by atoms with Gasteiger partial charge in [0, 0.05) is 5.56 Å². The second-order valence-corrected chi connectivity index (χ2v) is 8.20. The predicted octanol–water partition coefficient (Wildman–Crippen LogP) is 3.99. The zero-order valence-electron chi connectivity index (χ0n) is 17.2. The lowest BCUT2D eigenvalue weighted by Crippen LogP contribution is -2.15. The second kappa shape index (κ2) is 7.95. The third-order valence-corrected chi connectivity index (χ3v) is 6.36. The van der Waals surface area contributed by atoms with Crippen LogP contribution in [-0.2, 0) is 4.79 Å². The van der Waals surface area contributed by atoms with Crippen molar-refractivity contribution >= 4 is 23.5 Å². The Hall–Kier alpha value is -3.13. The fraction of sp³-hybridized carbons (Fsp3) is 0.273. The van der Waals surface area contributed by atoms with Crippen LogP contribution in [0.1, 0.15) is 27.6 Å². The maximum Gasteiger partial charge on any atom is 0.235 e. The molecule has 0 fully saturated rings. The molecule has 0 aliphatic carbocycles. The number of nitrogens with zero attached hydrogens (tertiary/aromatic N) is 2. The molecule has 8 heteroatoms. The zero-order chi connectivity index (χ0) is 21.4. The molecule has 2 aromatic carbocycles. The molecule has 0 spiro atoms. The fourth-order valence-corrected chi connectivity index (χ4v) is 4.75. The number of methoxy groups -OCH3 is 2. The van der Waals surface area contributed by atoms with Gasteiger partial charge in [0.2, 0.25) is 11.7 Å². The van der Waals surface area contributed by atoms with Crippen molar-refractivity contribution in [2.75, 3.05) is 25.3 Å². The minimum Gasteiger partial charge on any atom is -0.502 e. The van der Waals surface area contributed by atoms with Crippen molar-refractivity contribution in [2.24, 2.45) is 0 Å². The van der Waals surface area contributed by atoms with Crippen molar-refractivity contribution in [1.29, 1.82) is 0 Å². The summed E-state index contributed by atoms with van der Waals surface area (Å²) in [6, 6.07) is 11.5. The maximum atomic E-state index is 12.5. The molecule has 1 amide bonds. The molecule has 1 unspecified atom stereocenters. The number of aryl methyl sites for hydroxylation is 2. The highest BCUT2D eigenvalue weighted by Gasteiger charge is 2.31. The molecule has 0 saturated carbocycles. The largest absolute Gasteiger partial charge is 0.502 e. The molecule has 1 aliphatic heterocycles. The van der Waals surface area contributed by atoms with E-state index < -0.39 is 0 Å². The van der Waals surface area contributed by atoms with Crippen LogP contribution >= 0.6 is 11.8 Å². The molecular formula is C22H23N3O4S. The van der Waals surface area contributed by atoms with E-state index >= 15 is 0 Å². The van der Waals surface area contributed by atoms with E-state index in [-0.39, 0.29) is 22.7 Å². The summed E-state index contributed by atoms with van der Waals surface area (Å²) in [4.78, 5) is 12.5. The lowest BCUT2D eigenvalue weighted by atomic mass is 10.0. The molecular weight excluding hydrogens is 402 g/mol. The Kier molecular flexibility index (Phi) is 5.34. The molecule has 3 aromatic rings. The van der Waals surface area contributed by atoms with Crippen LogP contribution in [0.25, 0.3) is 5.69 Å². The van der Waals surface area contributed by atoms with Gasteiger partial charge in [-0.3, -0.25) is 4.79 Å². The van der Waals surface area contributed by atoms with E-state index in [9.17, 15) is 9.90 Å². The number of carbonyl (C=O) groups excluding carboxylic acids is 1. The molecule has 2 heterocycles. The number of carbonyl (C=O) groups is 1. The highest BCUT2D eigenvalue weighted by atomic mass is 32.2. The SMILES string of the molecule is COc1cc(C2SCC(=O)Nc3c2c(C)nn3-c2ccc(C)cc2)cc(OC)c1O. The van der Waals surface area contributed by atoms with E-state index in [1.807, 2.05) is 38.1 Å². The standard InChI is InChI=1S/C22H23N3O4S/c1-12-5-7-15(8-6-12)25-22-19(13(2)24-25)21(30-11-18(26)23-22)14-9-16(28-3)20(27)17(10-14)29-4/h5-10,21,27H,11H2,1-4H3,(H,23,26). The van der Waals surface area contributed by atoms with Crippen LogP contribution in [0.2, 0.25) is 0 Å². The van der Waals surface area contributed by atoms with Crippen LogP contribution in [0.5, 0.6) is 17.2 Å². The van der Waals surface area contributed by atoms with Crippen molar-refractivity contribution in [1.82, 2.24) is 9.78 Å². The number of amides is 1. The summed E-state index contributed by atoms with van der Waals surface area (Å²) < 4.78 is 12.4. The first-order chi connectivity index (χ1) is 14.4. The quantitative estimate of drug-likeness (QED) is 0.658. The van der Waals surface area contributed by atoms with E-state index in [2.05, 4.69) is 5.32 Å². The van der Waals surface area contributed by atoms with Gasteiger partial charge in [-0.1, -0.05) is 17.7 Å². The van der Waals surface area contributed by atoms with Crippen molar-refractivity contribution in [3.8, 4) is 22.9 Å². The Bertz CT molecular complexity index is 1080. The third-order valence-electron chi connectivity index (χ3n) is 5.09. The molecule has 0 saturated heterocycles. The zero-order valence-corrected chi connectivity index (χ0v) is 18.0. The molecule has 7 nitrogen and oxygen atoms in total. The van der Waals surface area contributed by atoms with Gasteiger partial charge in [0.05, 0.1) is 36.6 Å². The predicted molar refractivity (Wildman–Crippen MR) is 117 cm³/mol. The van der Waals surface area contributed by atoms with E-state index in [0.717, 1.165) is 28.1 Å². The van der Waals surface area contributed by atoms with Crippen LogP contribution in [0, 0.1) is 13.8 Å². The number of nitrogens with one attached hydrogen (secondary N) is 1. The molecule has 1 atom stereocenters. The van der Waals surface area contributed by atoms with Crippen molar-refractivity contribution in [2.45, 2.75) is 19.1 Å². The number of rotatable bonds is 4. The molecule has 30 heavy (non-hydrogen) atoms. The summed E-state index contributed by atoms with van der Waals surface area (Å²) in [5, 5.41) is 17.8. The highest BCUT2D eigenvalue weighted by Crippen LogP contribution is 2.47. The monoisotopic (exact) mass is 425 g/mol. The highest BCUT2D eigenvalue weighted by molar-refractivity contribution is 8.00. The van der Waals surface area contributed by atoms with Gasteiger partial charge in [-0.05, 0) is 43.7 Å². The number of thioether (sulfide) groups is 1. The molecule has 1 aromatic heterocycles. The number of anilines is 1. The Balaban J connectivity index is 1.90. The van der Waals surface area contributed by atoms with Gasteiger partial charge in [-0.2, -0.15) is 5.10 Å². The summed E-state index contributed by atoms with van der Waals surface area (Å²) in [6.45, 7) is 3.96. The normalized spacial score (nSPS) is 15.9. The molecule has 2 N–H and O–H groups in total. The summed E-state index contributed by atoms with van der Waals surface area (Å²) in [6.07, 6.45) is 0. The van der Waals surface area contributed by atoms with Gasteiger partial charge in [0.15, 0.2) is 11.5 Å². The Morgan fingerprint density at radius 3 is 2.37 bits per heavy atom. The number of aromatic hydroxyl groups is 1. The lowest BCUT2D eigenvalue weighted by molar-refractivity contribution is -0.113. The molecule has 1 aliphatic rings. The number of ether oxygens (including phenoxy) is 2. The molecule has 4 rings (SSSR count). The smallest absolute Gasteiger partial charge is 0.235 e. The van der Waals surface area contributed by atoms with Crippen LogP contribution in [0.15, 0.2) is 36.4 Å². The Labute approximate surface area is 179 Å². The number of benzene rings is 2. The third kappa shape index (κ3) is 3.47. The number of hydrogen-bond acceptors (Lipinski definition) is 6. The van der Waals surface area contributed by atoms with E-state index in [1.54, 1.807) is 16.8 Å². The van der Waals surface area contributed by atoms with Crippen LogP contribution in [0.3, 0.4) is 0 Å². The number of hydrogen-bond donors (Lipinski definition) is 2. The fourth-order valence-electron chi connectivity index (χ4n) is 3.58. The Morgan fingerprint density at radius 1 is 1.13 bits per heavy atom. The molecule has 0 bridgehead atoms. The first kappa shape index (κ1) is 20.2. The summed E-state index contributed by atoms with van der Waals surface area (Å²) >= 11 is 1.50. The van der Waals surface area contributed by atoms with Crippen molar-refractivity contribution in [3.05, 3.63) is 58.8 Å². The average molecular weight is 426 g/mol. The van der Waals surface area contributed by atoms with Gasteiger partial charge >= 0.3 is 0 Å². The summed E-state index contributed by atoms with van der Waals surface area (Å²) in [5.41, 5.74) is 4.61. The maximum absolute atomic E-state index is 12.5. The van der Waals surface area contributed by atoms with Gasteiger partial charge in [-0.15, -0.1) is 11.8 Å². The van der Waals surface area contributed by atoms with E-state index in [4.69, 9.17) is 14.6 Å². The van der Waals surface area contributed by atoms with Gasteiger partial charge < -0.3 is 19.9 Å². The first-order valence-corrected chi connectivity index (χ1v) is 10.5. The molecule has 0 radical (unpaired) electrons. The van der Waals surface area contributed by atoms with E-state index in [1.165, 1.54) is 26.0 Å². The second-order valence-electron chi connectivity index (χ2n) is 7.11. The first-order valence-electron chi connectivity index (χ1n) is 9.45. The van der Waals surface area contributed by atoms with E-state index in [0.29, 0.717) is 17.3 Å². The van der Waals surface area contributed by atoms with Crippen molar-refractivity contribution < 1.29 is 19.4 Å². The average Bonchev–Trinajstić information content (AvgIpc) is 2.94. The van der Waals surface area contributed by atoms with Crippen LogP contribution in [0.4, 0.5) is 5.82 Å². The van der Waals surface area contributed by atoms with Gasteiger partial charge in [-0.25, -0.2) is 4.68 Å². The van der Waals surface area contributed by atoms with Gasteiger partial charge in [0.1, 0.15) is 5.82 Å². The Morgan fingerprint density at radius 2 is 1.77 bits per heavy atom. The lowest BCUT2D eigenvalue weighted by Gasteiger charge is -2.18. The van der Waals surface area contributed by atoms with Crippen molar-refractivity contribution in [3.63, 3.8) is 0 Å². The summed E-state index contributed by atoms with van der Waals surface area (Å²) in [5.74, 6) is 1.44. The minimum absolute atomic E-state index is 0.0520.